The summed E-state index contributed by atoms with van der Waals surface area (Å²) in [5.74, 6) is 0.385. The van der Waals surface area contributed by atoms with Gasteiger partial charge in [0, 0.05) is 49.7 Å². The van der Waals surface area contributed by atoms with Gasteiger partial charge in [-0.2, -0.15) is 0 Å². The number of carbonyl (C=O) groups is 1. The molecule has 0 N–H and O–H groups in total. The first kappa shape index (κ1) is 18.9. The molecule has 0 radical (unpaired) electrons. The minimum atomic E-state index is -0.347. The summed E-state index contributed by atoms with van der Waals surface area (Å²) in [6.45, 7) is 12.6. The molecule has 4 rings (SSSR count). The van der Waals surface area contributed by atoms with Gasteiger partial charge in [0.15, 0.2) is 0 Å². The van der Waals surface area contributed by atoms with Crippen molar-refractivity contribution in [1.82, 2.24) is 4.90 Å². The highest BCUT2D eigenvalue weighted by Gasteiger charge is 2.36. The Balaban J connectivity index is 1.55. The summed E-state index contributed by atoms with van der Waals surface area (Å²) >= 11 is 0. The van der Waals surface area contributed by atoms with Gasteiger partial charge >= 0.3 is 0 Å². The van der Waals surface area contributed by atoms with E-state index in [1.807, 2.05) is 0 Å². The van der Waals surface area contributed by atoms with Crippen LogP contribution < -0.4 is 4.90 Å². The lowest BCUT2D eigenvalue weighted by atomic mass is 9.71. The fourth-order valence-electron chi connectivity index (χ4n) is 5.18. The predicted molar refractivity (Wildman–Crippen MR) is 110 cm³/mol. The highest BCUT2D eigenvalue weighted by molar-refractivity contribution is 5.92. The Hall–Kier alpha value is -1.39. The van der Waals surface area contributed by atoms with Crippen LogP contribution in [0.3, 0.4) is 0 Å². The molecule has 0 amide bonds. The zero-order valence-electron chi connectivity index (χ0n) is 17.2. The molecule has 4 heteroatoms. The lowest BCUT2D eigenvalue weighted by Gasteiger charge is -2.42. The van der Waals surface area contributed by atoms with Crippen molar-refractivity contribution in [3.8, 4) is 0 Å². The first-order valence-corrected chi connectivity index (χ1v) is 10.8. The molecule has 4 nitrogen and oxygen atoms in total. The monoisotopic (exact) mass is 370 g/mol. The lowest BCUT2D eigenvalue weighted by Crippen LogP contribution is -2.49. The van der Waals surface area contributed by atoms with Crippen molar-refractivity contribution in [2.24, 2.45) is 0 Å². The van der Waals surface area contributed by atoms with Crippen LogP contribution in [0.25, 0.3) is 0 Å². The van der Waals surface area contributed by atoms with Gasteiger partial charge < -0.3 is 9.64 Å². The maximum atomic E-state index is 12.5. The quantitative estimate of drug-likeness (QED) is 0.817. The molecule has 27 heavy (non-hydrogen) atoms. The van der Waals surface area contributed by atoms with Crippen molar-refractivity contribution in [2.45, 2.75) is 64.3 Å². The highest BCUT2D eigenvalue weighted by atomic mass is 16.5. The van der Waals surface area contributed by atoms with Crippen LogP contribution in [0.15, 0.2) is 12.1 Å². The first-order valence-electron chi connectivity index (χ1n) is 10.8. The van der Waals surface area contributed by atoms with Crippen LogP contribution in [0, 0.1) is 0 Å². The molecule has 1 aromatic carbocycles. The summed E-state index contributed by atoms with van der Waals surface area (Å²) in [5.41, 5.74) is 5.13. The molecule has 0 bridgehead atoms. The van der Waals surface area contributed by atoms with Crippen LogP contribution in [0.5, 0.6) is 0 Å². The van der Waals surface area contributed by atoms with E-state index in [-0.39, 0.29) is 5.41 Å². The number of fused-ring (bicyclic) bond motifs is 1. The minimum absolute atomic E-state index is 0.347. The molecule has 1 aromatic rings. The van der Waals surface area contributed by atoms with Crippen LogP contribution in [0.1, 0.15) is 56.7 Å². The molecule has 2 saturated heterocycles. The molecule has 3 aliphatic rings. The van der Waals surface area contributed by atoms with Crippen molar-refractivity contribution in [3.05, 3.63) is 28.8 Å². The molecule has 0 unspecified atom stereocenters. The van der Waals surface area contributed by atoms with Gasteiger partial charge in [0.05, 0.1) is 13.2 Å². The standard InChI is InChI=1S/C23H34N2O2/c1-4-17-15-18-5-6-22(26)23(2,3)20(18)16-21(17)25-9-7-19(8-10-25)24-11-13-27-14-12-24/h15-16,19H,4-14H2,1-3H3. The number of rotatable bonds is 3. The number of carbonyl (C=O) groups excluding carboxylic acids is 1. The Morgan fingerprint density at radius 2 is 1.78 bits per heavy atom. The van der Waals surface area contributed by atoms with E-state index >= 15 is 0 Å². The summed E-state index contributed by atoms with van der Waals surface area (Å²) < 4.78 is 5.51. The van der Waals surface area contributed by atoms with E-state index in [0.717, 1.165) is 52.2 Å². The van der Waals surface area contributed by atoms with Crippen LogP contribution >= 0.6 is 0 Å². The number of piperidine rings is 1. The van der Waals surface area contributed by atoms with Crippen LogP contribution in [0.4, 0.5) is 5.69 Å². The van der Waals surface area contributed by atoms with E-state index < -0.39 is 0 Å². The van der Waals surface area contributed by atoms with Gasteiger partial charge in [0.2, 0.25) is 0 Å². The zero-order valence-corrected chi connectivity index (χ0v) is 17.2. The molecular weight excluding hydrogens is 336 g/mol. The van der Waals surface area contributed by atoms with Crippen LogP contribution in [-0.2, 0) is 27.8 Å². The third-order valence-electron chi connectivity index (χ3n) is 7.04. The van der Waals surface area contributed by atoms with Gasteiger partial charge in [0.25, 0.3) is 0 Å². The number of Topliss-reactive ketones (excluding diaryl/α,β-unsaturated/α-hetero) is 1. The smallest absolute Gasteiger partial charge is 0.143 e. The van der Waals surface area contributed by atoms with Gasteiger partial charge in [-0.1, -0.05) is 13.0 Å². The largest absolute Gasteiger partial charge is 0.379 e. The highest BCUT2D eigenvalue weighted by Crippen LogP contribution is 2.39. The number of morpholine rings is 1. The molecule has 0 atom stereocenters. The summed E-state index contributed by atoms with van der Waals surface area (Å²) in [6, 6.07) is 5.46. The number of benzene rings is 1. The lowest BCUT2D eigenvalue weighted by molar-refractivity contribution is -0.124. The maximum Gasteiger partial charge on any atom is 0.143 e. The molecule has 2 fully saturated rings. The Morgan fingerprint density at radius 3 is 2.44 bits per heavy atom. The summed E-state index contributed by atoms with van der Waals surface area (Å²) in [6.07, 6.45) is 5.10. The number of ketones is 1. The molecule has 148 valence electrons. The molecule has 2 aliphatic heterocycles. The fraction of sp³-hybridized carbons (Fsp3) is 0.696. The van der Waals surface area contributed by atoms with Gasteiger partial charge in [-0.3, -0.25) is 9.69 Å². The number of anilines is 1. The minimum Gasteiger partial charge on any atom is -0.379 e. The number of ether oxygens (including phenoxy) is 1. The van der Waals surface area contributed by atoms with E-state index in [4.69, 9.17) is 4.74 Å². The van der Waals surface area contributed by atoms with Crippen molar-refractivity contribution >= 4 is 11.5 Å². The number of aryl methyl sites for hydroxylation is 2. The fourth-order valence-corrected chi connectivity index (χ4v) is 5.18. The number of hydrogen-bond donors (Lipinski definition) is 0. The topological polar surface area (TPSA) is 32.8 Å². The van der Waals surface area contributed by atoms with Crippen molar-refractivity contribution < 1.29 is 9.53 Å². The third kappa shape index (κ3) is 3.54. The molecule has 2 heterocycles. The zero-order chi connectivity index (χ0) is 19.0. The molecule has 0 spiro atoms. The van der Waals surface area contributed by atoms with E-state index in [2.05, 4.69) is 42.7 Å². The predicted octanol–water partition coefficient (Wildman–Crippen LogP) is 3.34. The third-order valence-corrected chi connectivity index (χ3v) is 7.04. The summed E-state index contributed by atoms with van der Waals surface area (Å²) in [5, 5.41) is 0. The second-order valence-corrected chi connectivity index (χ2v) is 8.91. The normalized spacial score (nSPS) is 24.1. The summed E-state index contributed by atoms with van der Waals surface area (Å²) in [7, 11) is 0. The summed E-state index contributed by atoms with van der Waals surface area (Å²) in [4.78, 5) is 17.7. The molecular formula is C23H34N2O2. The Kier molecular flexibility index (Phi) is 5.30. The molecule has 1 aliphatic carbocycles. The molecule has 0 saturated carbocycles. The van der Waals surface area contributed by atoms with Crippen molar-refractivity contribution in [2.75, 3.05) is 44.3 Å². The average Bonchev–Trinajstić information content (AvgIpc) is 2.71. The molecule has 0 aromatic heterocycles. The Labute approximate surface area is 163 Å². The Morgan fingerprint density at radius 1 is 1.07 bits per heavy atom. The van der Waals surface area contributed by atoms with Gasteiger partial charge in [-0.25, -0.2) is 0 Å². The SMILES string of the molecule is CCc1cc2c(cc1N1CCC(N3CCOCC3)CC1)C(C)(C)C(=O)CC2. The van der Waals surface area contributed by atoms with Gasteiger partial charge in [-0.05, 0) is 62.3 Å². The second-order valence-electron chi connectivity index (χ2n) is 8.91. The second kappa shape index (κ2) is 7.56. The Bertz CT molecular complexity index is 699. The average molecular weight is 371 g/mol. The van der Waals surface area contributed by atoms with Gasteiger partial charge in [0.1, 0.15) is 5.78 Å². The van der Waals surface area contributed by atoms with Crippen molar-refractivity contribution in [1.29, 1.82) is 0 Å². The van der Waals surface area contributed by atoms with E-state index in [0.29, 0.717) is 18.2 Å². The van der Waals surface area contributed by atoms with Crippen LogP contribution in [0.2, 0.25) is 0 Å². The van der Waals surface area contributed by atoms with E-state index in [1.54, 1.807) is 0 Å². The first-order chi connectivity index (χ1) is 13.0. The number of nitrogens with zero attached hydrogens (tertiary/aromatic N) is 2. The maximum absolute atomic E-state index is 12.5. The van der Waals surface area contributed by atoms with Crippen LogP contribution in [-0.4, -0.2) is 56.1 Å². The number of hydrogen-bond acceptors (Lipinski definition) is 4. The van der Waals surface area contributed by atoms with E-state index in [1.165, 1.54) is 35.2 Å². The van der Waals surface area contributed by atoms with E-state index in [9.17, 15) is 4.79 Å². The van der Waals surface area contributed by atoms with Gasteiger partial charge in [-0.15, -0.1) is 0 Å². The van der Waals surface area contributed by atoms with Crippen molar-refractivity contribution in [3.63, 3.8) is 0 Å².